The average Bonchev–Trinajstić information content (AvgIpc) is 2.48. The minimum atomic E-state index is -0.453. The summed E-state index contributed by atoms with van der Waals surface area (Å²) in [7, 11) is 0. The lowest BCUT2D eigenvalue weighted by Crippen LogP contribution is -2.12. The van der Waals surface area contributed by atoms with Gasteiger partial charge in [0.2, 0.25) is 0 Å². The third-order valence-corrected chi connectivity index (χ3v) is 2.72. The molecule has 0 spiro atoms. The summed E-state index contributed by atoms with van der Waals surface area (Å²) in [4.78, 5) is 16.1. The fourth-order valence-corrected chi connectivity index (χ4v) is 1.65. The molecule has 0 bridgehead atoms. The van der Waals surface area contributed by atoms with Crippen LogP contribution < -0.4 is 11.1 Å². The van der Waals surface area contributed by atoms with Crippen LogP contribution in [-0.2, 0) is 0 Å². The molecule has 21 heavy (non-hydrogen) atoms. The highest BCUT2D eigenvalue weighted by Gasteiger charge is 2.08. The molecule has 2 aromatic rings. The molecule has 5 heteroatoms. The number of carbonyl (C=O) groups is 1. The van der Waals surface area contributed by atoms with E-state index in [4.69, 9.17) is 5.73 Å². The second-order valence-electron chi connectivity index (χ2n) is 4.34. The first-order valence-corrected chi connectivity index (χ1v) is 6.32. The van der Waals surface area contributed by atoms with E-state index in [-0.39, 0.29) is 18.0 Å². The third-order valence-electron chi connectivity index (χ3n) is 2.72. The molecular weight excluding hydrogens is 269 g/mol. The molecule has 0 aliphatic carbocycles. The van der Waals surface area contributed by atoms with Gasteiger partial charge in [0, 0.05) is 17.6 Å². The highest BCUT2D eigenvalue weighted by Crippen LogP contribution is 2.15. The average molecular weight is 283 g/mol. The lowest BCUT2D eigenvalue weighted by Gasteiger charge is -2.06. The van der Waals surface area contributed by atoms with Crippen LogP contribution in [0.1, 0.15) is 21.6 Å². The molecule has 1 aromatic carbocycles. The molecule has 3 N–H and O–H groups in total. The van der Waals surface area contributed by atoms with Gasteiger partial charge in [-0.15, -0.1) is 0 Å². The number of nitrogens with two attached hydrogens (primary N) is 1. The molecule has 1 heterocycles. The molecule has 0 radical (unpaired) electrons. The Morgan fingerprint density at radius 1 is 1.38 bits per heavy atom. The molecule has 0 saturated carbocycles. The summed E-state index contributed by atoms with van der Waals surface area (Å²) in [6.07, 6.45) is 1.49. The number of amides is 1. The number of nitrogens with one attached hydrogen (secondary N) is 1. The first-order chi connectivity index (χ1) is 10.1. The van der Waals surface area contributed by atoms with Crippen LogP contribution in [0.5, 0.6) is 0 Å². The Hall–Kier alpha value is -2.71. The van der Waals surface area contributed by atoms with Crippen LogP contribution in [0.2, 0.25) is 0 Å². The normalized spacial score (nSPS) is 9.67. The van der Waals surface area contributed by atoms with Crippen molar-refractivity contribution in [1.82, 2.24) is 4.98 Å². The number of pyridine rings is 1. The molecule has 0 aliphatic heterocycles. The van der Waals surface area contributed by atoms with E-state index in [9.17, 15) is 9.18 Å². The van der Waals surface area contributed by atoms with Crippen molar-refractivity contribution in [2.75, 3.05) is 11.9 Å². The smallest absolute Gasteiger partial charge is 0.257 e. The minimum absolute atomic E-state index is 0.144. The predicted molar refractivity (Wildman–Crippen MR) is 79.3 cm³/mol. The SMILES string of the molecule is Cc1ccc(C(=O)Nc2ccc(F)c(C#CCN)c2)cn1. The number of halogens is 1. The van der Waals surface area contributed by atoms with E-state index in [1.54, 1.807) is 12.1 Å². The maximum Gasteiger partial charge on any atom is 0.257 e. The molecule has 2 rings (SSSR count). The van der Waals surface area contributed by atoms with E-state index in [0.717, 1.165) is 5.69 Å². The van der Waals surface area contributed by atoms with Gasteiger partial charge in [-0.05, 0) is 37.3 Å². The lowest BCUT2D eigenvalue weighted by molar-refractivity contribution is 0.102. The van der Waals surface area contributed by atoms with E-state index in [1.165, 1.54) is 24.4 Å². The Balaban J connectivity index is 2.19. The lowest BCUT2D eigenvalue weighted by atomic mass is 10.1. The maximum atomic E-state index is 13.5. The van der Waals surface area contributed by atoms with Crippen LogP contribution in [0.25, 0.3) is 0 Å². The fraction of sp³-hybridized carbons (Fsp3) is 0.125. The Morgan fingerprint density at radius 3 is 2.86 bits per heavy atom. The third kappa shape index (κ3) is 3.88. The fourth-order valence-electron chi connectivity index (χ4n) is 1.65. The molecule has 4 nitrogen and oxygen atoms in total. The van der Waals surface area contributed by atoms with Crippen LogP contribution in [-0.4, -0.2) is 17.4 Å². The second kappa shape index (κ2) is 6.64. The summed E-state index contributed by atoms with van der Waals surface area (Å²) < 4.78 is 13.5. The Labute approximate surface area is 122 Å². The van der Waals surface area contributed by atoms with E-state index < -0.39 is 5.82 Å². The van der Waals surface area contributed by atoms with Crippen molar-refractivity contribution >= 4 is 11.6 Å². The van der Waals surface area contributed by atoms with Crippen molar-refractivity contribution in [2.24, 2.45) is 5.73 Å². The zero-order chi connectivity index (χ0) is 15.2. The number of aryl methyl sites for hydroxylation is 1. The van der Waals surface area contributed by atoms with Gasteiger partial charge in [-0.1, -0.05) is 11.8 Å². The molecule has 1 amide bonds. The van der Waals surface area contributed by atoms with Gasteiger partial charge in [-0.3, -0.25) is 9.78 Å². The molecule has 0 fully saturated rings. The van der Waals surface area contributed by atoms with E-state index in [1.807, 2.05) is 6.92 Å². The number of anilines is 1. The van der Waals surface area contributed by atoms with Gasteiger partial charge in [0.25, 0.3) is 5.91 Å². The highest BCUT2D eigenvalue weighted by molar-refractivity contribution is 6.04. The van der Waals surface area contributed by atoms with Gasteiger partial charge in [0.1, 0.15) is 5.82 Å². The van der Waals surface area contributed by atoms with Crippen LogP contribution >= 0.6 is 0 Å². The van der Waals surface area contributed by atoms with Crippen LogP contribution in [0.3, 0.4) is 0 Å². The number of nitrogens with zero attached hydrogens (tertiary/aromatic N) is 1. The molecule has 0 atom stereocenters. The number of hydrogen-bond acceptors (Lipinski definition) is 3. The van der Waals surface area contributed by atoms with Gasteiger partial charge < -0.3 is 11.1 Å². The quantitative estimate of drug-likeness (QED) is 0.829. The van der Waals surface area contributed by atoms with E-state index in [2.05, 4.69) is 22.1 Å². The Morgan fingerprint density at radius 2 is 2.19 bits per heavy atom. The van der Waals surface area contributed by atoms with Crippen molar-refractivity contribution < 1.29 is 9.18 Å². The largest absolute Gasteiger partial charge is 0.322 e. The van der Waals surface area contributed by atoms with Crippen molar-refractivity contribution in [1.29, 1.82) is 0 Å². The Kier molecular flexibility index (Phi) is 4.64. The summed E-state index contributed by atoms with van der Waals surface area (Å²) in [5.41, 5.74) is 7.17. The number of rotatable bonds is 2. The number of aromatic nitrogens is 1. The molecule has 1 aromatic heterocycles. The molecule has 106 valence electrons. The van der Waals surface area contributed by atoms with Crippen molar-refractivity contribution in [3.8, 4) is 11.8 Å². The van der Waals surface area contributed by atoms with Gasteiger partial charge in [0.15, 0.2) is 0 Å². The first-order valence-electron chi connectivity index (χ1n) is 6.32. The molecule has 0 aliphatic rings. The molecule has 0 unspecified atom stereocenters. The zero-order valence-corrected chi connectivity index (χ0v) is 11.5. The zero-order valence-electron chi connectivity index (χ0n) is 11.5. The predicted octanol–water partition coefficient (Wildman–Crippen LogP) is 2.09. The van der Waals surface area contributed by atoms with Gasteiger partial charge in [-0.2, -0.15) is 0 Å². The number of hydrogen-bond donors (Lipinski definition) is 2. The maximum absolute atomic E-state index is 13.5. The van der Waals surface area contributed by atoms with Gasteiger partial charge in [0.05, 0.1) is 17.7 Å². The summed E-state index contributed by atoms with van der Waals surface area (Å²) in [5.74, 6) is 4.43. The van der Waals surface area contributed by atoms with Crippen LogP contribution in [0.4, 0.5) is 10.1 Å². The second-order valence-corrected chi connectivity index (χ2v) is 4.34. The standard InChI is InChI=1S/C16H14FN3O/c1-11-4-5-13(10-19-11)16(21)20-14-6-7-15(17)12(9-14)3-2-8-18/h4-7,9-10H,8,18H2,1H3,(H,20,21). The Bertz CT molecular complexity index is 715. The van der Waals surface area contributed by atoms with Crippen molar-refractivity contribution in [2.45, 2.75) is 6.92 Å². The number of benzene rings is 1. The monoisotopic (exact) mass is 283 g/mol. The van der Waals surface area contributed by atoms with Crippen LogP contribution in [0, 0.1) is 24.6 Å². The highest BCUT2D eigenvalue weighted by atomic mass is 19.1. The van der Waals surface area contributed by atoms with Crippen LogP contribution in [0.15, 0.2) is 36.5 Å². The summed E-state index contributed by atoms with van der Waals surface area (Å²) in [6, 6.07) is 7.62. The van der Waals surface area contributed by atoms with Gasteiger partial charge in [-0.25, -0.2) is 4.39 Å². The summed E-state index contributed by atoms with van der Waals surface area (Å²) in [6.45, 7) is 1.98. The molecule has 0 saturated heterocycles. The topological polar surface area (TPSA) is 68.0 Å². The first kappa shape index (κ1) is 14.7. The van der Waals surface area contributed by atoms with Crippen molar-refractivity contribution in [3.05, 3.63) is 59.2 Å². The number of carbonyl (C=O) groups excluding carboxylic acids is 1. The van der Waals surface area contributed by atoms with E-state index in [0.29, 0.717) is 11.3 Å². The summed E-state index contributed by atoms with van der Waals surface area (Å²) >= 11 is 0. The minimum Gasteiger partial charge on any atom is -0.322 e. The van der Waals surface area contributed by atoms with Crippen molar-refractivity contribution in [3.63, 3.8) is 0 Å². The molecular formula is C16H14FN3O. The van der Waals surface area contributed by atoms with E-state index >= 15 is 0 Å². The van der Waals surface area contributed by atoms with Gasteiger partial charge >= 0.3 is 0 Å². The summed E-state index contributed by atoms with van der Waals surface area (Å²) in [5, 5.41) is 2.68.